The molecule has 0 aliphatic rings. The Bertz CT molecular complexity index is 485. The van der Waals surface area contributed by atoms with E-state index in [4.69, 9.17) is 10.5 Å². The molecule has 0 aliphatic heterocycles. The lowest BCUT2D eigenvalue weighted by molar-refractivity contribution is 0.326. The molecule has 0 unspecified atom stereocenters. The van der Waals surface area contributed by atoms with Crippen LogP contribution in [0.3, 0.4) is 0 Å². The zero-order valence-corrected chi connectivity index (χ0v) is 9.40. The Morgan fingerprint density at radius 1 is 1.06 bits per heavy atom. The van der Waals surface area contributed by atoms with Gasteiger partial charge in [-0.2, -0.15) is 0 Å². The molecule has 0 saturated heterocycles. The molecule has 2 aromatic carbocycles. The highest BCUT2D eigenvalue weighted by molar-refractivity contribution is 5.64. The van der Waals surface area contributed by atoms with Gasteiger partial charge in [0.25, 0.3) is 0 Å². The van der Waals surface area contributed by atoms with E-state index < -0.39 is 0 Å². The van der Waals surface area contributed by atoms with Crippen LogP contribution < -0.4 is 10.5 Å². The van der Waals surface area contributed by atoms with E-state index in [9.17, 15) is 4.39 Å². The van der Waals surface area contributed by atoms with Crippen LogP contribution in [-0.2, 0) is 0 Å². The molecule has 0 radical (unpaired) electrons. The normalized spacial score (nSPS) is 10.2. The summed E-state index contributed by atoms with van der Waals surface area (Å²) in [5.74, 6) is 0.221. The monoisotopic (exact) mass is 231 g/mol. The second-order valence-corrected chi connectivity index (χ2v) is 3.64. The van der Waals surface area contributed by atoms with Crippen LogP contribution in [0.4, 0.5) is 4.39 Å². The van der Waals surface area contributed by atoms with Gasteiger partial charge in [0, 0.05) is 18.2 Å². The second-order valence-electron chi connectivity index (χ2n) is 3.64. The summed E-state index contributed by atoms with van der Waals surface area (Å²) in [6.45, 7) is 0.812. The predicted molar refractivity (Wildman–Crippen MR) is 66.4 cm³/mol. The predicted octanol–water partition coefficient (Wildman–Crippen LogP) is 2.83. The van der Waals surface area contributed by atoms with Crippen LogP contribution in [0, 0.1) is 5.82 Å². The van der Waals surface area contributed by atoms with E-state index >= 15 is 0 Å². The SMILES string of the molecule is NCCOc1ccc(-c2ccccc2)c(F)c1. The van der Waals surface area contributed by atoms with E-state index in [-0.39, 0.29) is 5.82 Å². The average Bonchev–Trinajstić information content (AvgIpc) is 2.37. The zero-order chi connectivity index (χ0) is 12.1. The minimum atomic E-state index is -0.286. The number of ether oxygens (including phenoxy) is 1. The third kappa shape index (κ3) is 2.82. The quantitative estimate of drug-likeness (QED) is 0.878. The molecular weight excluding hydrogens is 217 g/mol. The van der Waals surface area contributed by atoms with Crippen molar-refractivity contribution in [3.8, 4) is 16.9 Å². The standard InChI is InChI=1S/C14H14FNO/c15-14-10-12(17-9-8-16)6-7-13(14)11-4-2-1-3-5-11/h1-7,10H,8-9,16H2. The summed E-state index contributed by atoms with van der Waals surface area (Å²) >= 11 is 0. The summed E-state index contributed by atoms with van der Waals surface area (Å²) in [6.07, 6.45) is 0. The van der Waals surface area contributed by atoms with Crippen LogP contribution in [0.5, 0.6) is 5.75 Å². The summed E-state index contributed by atoms with van der Waals surface area (Å²) in [5, 5.41) is 0. The van der Waals surface area contributed by atoms with Crippen LogP contribution in [0.15, 0.2) is 48.5 Å². The summed E-state index contributed by atoms with van der Waals surface area (Å²) in [5.41, 5.74) is 6.75. The largest absolute Gasteiger partial charge is 0.492 e. The Balaban J connectivity index is 2.26. The second kappa shape index (κ2) is 5.46. The van der Waals surface area contributed by atoms with Crippen LogP contribution in [-0.4, -0.2) is 13.2 Å². The van der Waals surface area contributed by atoms with Crippen molar-refractivity contribution >= 4 is 0 Å². The molecule has 2 nitrogen and oxygen atoms in total. The fourth-order valence-corrected chi connectivity index (χ4v) is 1.61. The third-order valence-corrected chi connectivity index (χ3v) is 2.41. The van der Waals surface area contributed by atoms with Crippen molar-refractivity contribution < 1.29 is 9.13 Å². The van der Waals surface area contributed by atoms with Crippen LogP contribution in [0.25, 0.3) is 11.1 Å². The molecule has 0 spiro atoms. The lowest BCUT2D eigenvalue weighted by Crippen LogP contribution is -2.10. The smallest absolute Gasteiger partial charge is 0.134 e. The number of hydrogen-bond acceptors (Lipinski definition) is 2. The molecule has 88 valence electrons. The summed E-state index contributed by atoms with van der Waals surface area (Å²) in [4.78, 5) is 0. The molecule has 0 amide bonds. The maximum atomic E-state index is 13.9. The first-order valence-electron chi connectivity index (χ1n) is 5.49. The van der Waals surface area contributed by atoms with E-state index in [1.165, 1.54) is 6.07 Å². The molecule has 0 bridgehead atoms. The Labute approximate surface area is 99.8 Å². The van der Waals surface area contributed by atoms with E-state index in [0.717, 1.165) is 5.56 Å². The molecule has 0 saturated carbocycles. The maximum Gasteiger partial charge on any atom is 0.134 e. The van der Waals surface area contributed by atoms with Gasteiger partial charge in [-0.25, -0.2) is 4.39 Å². The van der Waals surface area contributed by atoms with Gasteiger partial charge in [0.2, 0.25) is 0 Å². The van der Waals surface area contributed by atoms with Crippen molar-refractivity contribution in [2.75, 3.05) is 13.2 Å². The molecular formula is C14H14FNO. The Kier molecular flexibility index (Phi) is 3.73. The molecule has 17 heavy (non-hydrogen) atoms. The minimum absolute atomic E-state index is 0.286. The molecule has 0 aromatic heterocycles. The minimum Gasteiger partial charge on any atom is -0.492 e. The van der Waals surface area contributed by atoms with Crippen molar-refractivity contribution in [2.45, 2.75) is 0 Å². The molecule has 0 atom stereocenters. The van der Waals surface area contributed by atoms with Gasteiger partial charge in [-0.15, -0.1) is 0 Å². The highest BCUT2D eigenvalue weighted by Crippen LogP contribution is 2.25. The number of rotatable bonds is 4. The fraction of sp³-hybridized carbons (Fsp3) is 0.143. The van der Waals surface area contributed by atoms with E-state index in [1.807, 2.05) is 30.3 Å². The van der Waals surface area contributed by atoms with E-state index in [2.05, 4.69) is 0 Å². The lowest BCUT2D eigenvalue weighted by atomic mass is 10.1. The highest BCUT2D eigenvalue weighted by Gasteiger charge is 2.05. The van der Waals surface area contributed by atoms with Gasteiger partial charge in [0.15, 0.2) is 0 Å². The first kappa shape index (κ1) is 11.6. The molecule has 2 aromatic rings. The average molecular weight is 231 g/mol. The van der Waals surface area contributed by atoms with Gasteiger partial charge in [-0.3, -0.25) is 0 Å². The van der Waals surface area contributed by atoms with Crippen molar-refractivity contribution in [1.29, 1.82) is 0 Å². The van der Waals surface area contributed by atoms with E-state index in [0.29, 0.717) is 24.5 Å². The maximum absolute atomic E-state index is 13.9. The Morgan fingerprint density at radius 2 is 1.82 bits per heavy atom. The van der Waals surface area contributed by atoms with Crippen molar-refractivity contribution in [3.05, 3.63) is 54.3 Å². The number of nitrogens with two attached hydrogens (primary N) is 1. The van der Waals surface area contributed by atoms with Crippen LogP contribution >= 0.6 is 0 Å². The number of halogens is 1. The first-order valence-corrected chi connectivity index (χ1v) is 5.49. The van der Waals surface area contributed by atoms with Gasteiger partial charge >= 0.3 is 0 Å². The highest BCUT2D eigenvalue weighted by atomic mass is 19.1. The topological polar surface area (TPSA) is 35.2 Å². The molecule has 2 N–H and O–H groups in total. The molecule has 2 rings (SSSR count). The van der Waals surface area contributed by atoms with Gasteiger partial charge < -0.3 is 10.5 Å². The summed E-state index contributed by atoms with van der Waals surface area (Å²) < 4.78 is 19.1. The van der Waals surface area contributed by atoms with Gasteiger partial charge in [0.1, 0.15) is 18.2 Å². The van der Waals surface area contributed by atoms with Gasteiger partial charge in [-0.05, 0) is 17.7 Å². The van der Waals surface area contributed by atoms with E-state index in [1.54, 1.807) is 12.1 Å². The zero-order valence-electron chi connectivity index (χ0n) is 9.40. The third-order valence-electron chi connectivity index (χ3n) is 2.41. The summed E-state index contributed by atoms with van der Waals surface area (Å²) in [7, 11) is 0. The number of hydrogen-bond donors (Lipinski definition) is 1. The molecule has 0 heterocycles. The first-order chi connectivity index (χ1) is 8.31. The lowest BCUT2D eigenvalue weighted by Gasteiger charge is -2.07. The molecule has 3 heteroatoms. The van der Waals surface area contributed by atoms with Crippen LogP contribution in [0.2, 0.25) is 0 Å². The van der Waals surface area contributed by atoms with Gasteiger partial charge in [-0.1, -0.05) is 30.3 Å². The summed E-state index contributed by atoms with van der Waals surface area (Å²) in [6, 6.07) is 14.3. The molecule has 0 fully saturated rings. The Morgan fingerprint density at radius 3 is 2.47 bits per heavy atom. The molecule has 0 aliphatic carbocycles. The van der Waals surface area contributed by atoms with Crippen molar-refractivity contribution in [2.24, 2.45) is 5.73 Å². The van der Waals surface area contributed by atoms with Crippen molar-refractivity contribution in [1.82, 2.24) is 0 Å². The fourth-order valence-electron chi connectivity index (χ4n) is 1.61. The van der Waals surface area contributed by atoms with Crippen molar-refractivity contribution in [3.63, 3.8) is 0 Å². The van der Waals surface area contributed by atoms with Crippen LogP contribution in [0.1, 0.15) is 0 Å². The Hall–Kier alpha value is -1.87. The number of benzene rings is 2. The van der Waals surface area contributed by atoms with Gasteiger partial charge in [0.05, 0.1) is 0 Å².